The summed E-state index contributed by atoms with van der Waals surface area (Å²) in [6, 6.07) is 34.6. The fourth-order valence-electron chi connectivity index (χ4n) is 2.18. The van der Waals surface area contributed by atoms with E-state index >= 15 is 0 Å². The smallest absolute Gasteiger partial charge is 0.399 e. The molecule has 0 saturated heterocycles. The SMILES string of the molecule is OC([c-]1cccc1)C(O)[c-]1cccc1.[Fe+2].[Fe+2].c1cc[cH-]c1.c1cc[cH-]c1. The Balaban J connectivity index is 0.000000432. The Hall–Kier alpha value is -1.64. The van der Waals surface area contributed by atoms with Crippen LogP contribution >= 0.6 is 0 Å². The summed E-state index contributed by atoms with van der Waals surface area (Å²) in [7, 11) is 0. The molecule has 4 rings (SSSR count). The van der Waals surface area contributed by atoms with Gasteiger partial charge in [-0.15, -0.1) is 11.1 Å². The van der Waals surface area contributed by atoms with Crippen LogP contribution < -0.4 is 0 Å². The molecule has 0 aliphatic heterocycles. The Labute approximate surface area is 176 Å². The minimum Gasteiger partial charge on any atom is -0.399 e. The van der Waals surface area contributed by atoms with Crippen LogP contribution in [0.5, 0.6) is 0 Å². The fourth-order valence-corrected chi connectivity index (χ4v) is 2.18. The van der Waals surface area contributed by atoms with Crippen molar-refractivity contribution in [1.82, 2.24) is 0 Å². The number of aliphatic hydroxyl groups is 2. The van der Waals surface area contributed by atoms with Gasteiger partial charge in [0.15, 0.2) is 0 Å². The molecule has 4 aromatic carbocycles. The fraction of sp³-hybridized carbons (Fsp3) is 0.0909. The van der Waals surface area contributed by atoms with E-state index < -0.39 is 12.2 Å². The van der Waals surface area contributed by atoms with Crippen molar-refractivity contribution in [2.45, 2.75) is 12.2 Å². The molecule has 0 radical (unpaired) electrons. The summed E-state index contributed by atoms with van der Waals surface area (Å²) in [4.78, 5) is 0. The van der Waals surface area contributed by atoms with Crippen LogP contribution in [0.4, 0.5) is 0 Å². The third kappa shape index (κ3) is 8.64. The second-order valence-corrected chi connectivity index (χ2v) is 5.25. The summed E-state index contributed by atoms with van der Waals surface area (Å²) in [5.41, 5.74) is 1.50. The molecule has 26 heavy (non-hydrogen) atoms. The van der Waals surface area contributed by atoms with E-state index in [0.29, 0.717) is 0 Å². The molecule has 0 fully saturated rings. The Morgan fingerprint density at radius 2 is 0.769 bits per heavy atom. The third-order valence-corrected chi connectivity index (χ3v) is 3.47. The maximum absolute atomic E-state index is 9.80. The quantitative estimate of drug-likeness (QED) is 0.366. The zero-order valence-corrected chi connectivity index (χ0v) is 16.4. The first-order valence-electron chi connectivity index (χ1n) is 7.92. The molecule has 2 atom stereocenters. The minimum absolute atomic E-state index is 0. The summed E-state index contributed by atoms with van der Waals surface area (Å²) >= 11 is 0. The summed E-state index contributed by atoms with van der Waals surface area (Å²) in [6.45, 7) is 0. The molecular formula is C22H22Fe2O2. The maximum Gasteiger partial charge on any atom is 2.00 e. The standard InChI is InChI=1S/C12H12O2.2C5H5.2Fe/c13-11(9-5-1-2-6-9)12(14)10-7-3-4-8-10;2*1-2-4-5-3-1;;/h1-8,11-14H;2*1-5H;;/q-2;2*-1;2*+2. The summed E-state index contributed by atoms with van der Waals surface area (Å²) in [6.07, 6.45) is -1.68. The van der Waals surface area contributed by atoms with Crippen LogP contribution in [0.2, 0.25) is 0 Å². The molecule has 0 amide bonds. The van der Waals surface area contributed by atoms with Gasteiger partial charge in [0.05, 0.1) is 12.2 Å². The first kappa shape index (κ1) is 24.4. The van der Waals surface area contributed by atoms with Crippen LogP contribution in [0.3, 0.4) is 0 Å². The van der Waals surface area contributed by atoms with E-state index in [9.17, 15) is 10.2 Å². The van der Waals surface area contributed by atoms with E-state index in [0.717, 1.165) is 11.1 Å². The van der Waals surface area contributed by atoms with Crippen LogP contribution in [-0.4, -0.2) is 10.2 Å². The van der Waals surface area contributed by atoms with Gasteiger partial charge < -0.3 is 10.2 Å². The van der Waals surface area contributed by atoms with E-state index in [-0.39, 0.29) is 34.1 Å². The van der Waals surface area contributed by atoms with Gasteiger partial charge >= 0.3 is 34.1 Å². The Morgan fingerprint density at radius 1 is 0.500 bits per heavy atom. The molecule has 2 unspecified atom stereocenters. The average Bonchev–Trinajstić information content (AvgIpc) is 3.41. The Kier molecular flexibility index (Phi) is 13.6. The van der Waals surface area contributed by atoms with Gasteiger partial charge in [-0.05, 0) is 0 Å². The van der Waals surface area contributed by atoms with Crippen LogP contribution in [0.1, 0.15) is 23.3 Å². The van der Waals surface area contributed by atoms with Gasteiger partial charge in [0.25, 0.3) is 0 Å². The third-order valence-electron chi connectivity index (χ3n) is 3.47. The van der Waals surface area contributed by atoms with Gasteiger partial charge in [0.2, 0.25) is 0 Å². The van der Waals surface area contributed by atoms with Gasteiger partial charge in [0.1, 0.15) is 0 Å². The second kappa shape index (κ2) is 14.5. The average molecular weight is 430 g/mol. The molecule has 0 heterocycles. The number of hydrogen-bond donors (Lipinski definition) is 2. The van der Waals surface area contributed by atoms with Gasteiger partial charge in [-0.3, -0.25) is 0 Å². The first-order chi connectivity index (χ1) is 11.8. The van der Waals surface area contributed by atoms with Crippen molar-refractivity contribution in [3.63, 3.8) is 0 Å². The topological polar surface area (TPSA) is 40.5 Å². The first-order valence-corrected chi connectivity index (χ1v) is 7.92. The number of hydrogen-bond acceptors (Lipinski definition) is 2. The summed E-state index contributed by atoms with van der Waals surface area (Å²) < 4.78 is 0. The predicted octanol–water partition coefficient (Wildman–Crippen LogP) is 4.70. The van der Waals surface area contributed by atoms with Crippen molar-refractivity contribution in [3.05, 3.63) is 120 Å². The van der Waals surface area contributed by atoms with E-state index in [2.05, 4.69) is 0 Å². The molecule has 4 aromatic rings. The van der Waals surface area contributed by atoms with E-state index in [1.165, 1.54) is 0 Å². The number of rotatable bonds is 3. The molecular weight excluding hydrogens is 408 g/mol. The van der Waals surface area contributed by atoms with Crippen LogP contribution in [0, 0.1) is 0 Å². The van der Waals surface area contributed by atoms with Crippen molar-refractivity contribution in [3.8, 4) is 0 Å². The summed E-state index contributed by atoms with van der Waals surface area (Å²) in [5.74, 6) is 0. The maximum atomic E-state index is 9.80. The van der Waals surface area contributed by atoms with Gasteiger partial charge in [-0.2, -0.15) is 60.7 Å². The second-order valence-electron chi connectivity index (χ2n) is 5.25. The largest absolute Gasteiger partial charge is 2.00 e. The monoisotopic (exact) mass is 430 g/mol. The molecule has 0 aliphatic rings. The molecule has 2 N–H and O–H groups in total. The van der Waals surface area contributed by atoms with Crippen LogP contribution in [0.25, 0.3) is 0 Å². The zero-order chi connectivity index (χ0) is 17.0. The van der Waals surface area contributed by atoms with Gasteiger partial charge in [-0.1, -0.05) is 0 Å². The van der Waals surface area contributed by atoms with E-state index in [1.807, 2.05) is 84.9 Å². The van der Waals surface area contributed by atoms with Crippen molar-refractivity contribution in [2.24, 2.45) is 0 Å². The molecule has 0 aromatic heterocycles. The van der Waals surface area contributed by atoms with Crippen molar-refractivity contribution in [1.29, 1.82) is 0 Å². The Bertz CT molecular complexity index is 598. The molecule has 0 aliphatic carbocycles. The van der Waals surface area contributed by atoms with Crippen molar-refractivity contribution < 1.29 is 44.4 Å². The van der Waals surface area contributed by atoms with Crippen molar-refractivity contribution in [2.75, 3.05) is 0 Å². The van der Waals surface area contributed by atoms with Crippen molar-refractivity contribution >= 4 is 0 Å². The van der Waals surface area contributed by atoms with Crippen LogP contribution in [-0.2, 0) is 34.1 Å². The van der Waals surface area contributed by atoms with Gasteiger partial charge in [-0.25, -0.2) is 48.5 Å². The zero-order valence-electron chi connectivity index (χ0n) is 14.1. The molecule has 0 saturated carbocycles. The minimum atomic E-state index is -0.840. The number of aliphatic hydroxyl groups excluding tert-OH is 2. The van der Waals surface area contributed by atoms with E-state index in [1.54, 1.807) is 24.3 Å². The molecule has 4 heteroatoms. The summed E-state index contributed by atoms with van der Waals surface area (Å²) in [5, 5.41) is 19.6. The van der Waals surface area contributed by atoms with Gasteiger partial charge in [0, 0.05) is 0 Å². The molecule has 0 spiro atoms. The Morgan fingerprint density at radius 3 is 0.962 bits per heavy atom. The molecule has 2 nitrogen and oxygen atoms in total. The molecule has 138 valence electrons. The predicted molar refractivity (Wildman–Crippen MR) is 98.1 cm³/mol. The van der Waals surface area contributed by atoms with E-state index in [4.69, 9.17) is 0 Å². The molecule has 0 bridgehead atoms. The normalized spacial score (nSPS) is 11.3. The van der Waals surface area contributed by atoms with Crippen LogP contribution in [0.15, 0.2) is 109 Å².